The molecule has 0 aromatic heterocycles. The lowest BCUT2D eigenvalue weighted by Crippen LogP contribution is -2.43. The van der Waals surface area contributed by atoms with Crippen LogP contribution in [-0.2, 0) is 11.2 Å². The molecule has 3 rings (SSSR count). The maximum absolute atomic E-state index is 5.98. The van der Waals surface area contributed by atoms with Crippen LogP contribution in [0.15, 0.2) is 18.2 Å². The van der Waals surface area contributed by atoms with E-state index >= 15 is 0 Å². The smallest absolute Gasteiger partial charge is 0.0591 e. The molecule has 1 fully saturated rings. The minimum atomic E-state index is 0.435. The topological polar surface area (TPSA) is 38.5 Å². The fraction of sp³-hybridized carbons (Fsp3) is 0.625. The zero-order valence-electron chi connectivity index (χ0n) is 11.8. The van der Waals surface area contributed by atoms with Gasteiger partial charge in [0.2, 0.25) is 0 Å². The predicted molar refractivity (Wildman–Crippen MR) is 79.6 cm³/mol. The Bertz CT molecular complexity index is 446. The first-order chi connectivity index (χ1) is 9.28. The molecule has 1 saturated carbocycles. The highest BCUT2D eigenvalue weighted by Crippen LogP contribution is 2.35. The summed E-state index contributed by atoms with van der Waals surface area (Å²) in [4.78, 5) is 2.58. The molecule has 1 aliphatic heterocycles. The first-order valence-electron chi connectivity index (χ1n) is 7.46. The molecule has 1 aliphatic carbocycles. The second kappa shape index (κ2) is 5.41. The van der Waals surface area contributed by atoms with E-state index in [9.17, 15) is 0 Å². The molecule has 3 heteroatoms. The number of rotatable bonds is 2. The Morgan fingerprint density at radius 2 is 2.16 bits per heavy atom. The number of aryl methyl sites for hydroxylation is 1. The molecular weight excluding hydrogens is 236 g/mol. The molecule has 0 spiro atoms. The highest BCUT2D eigenvalue weighted by molar-refractivity contribution is 5.63. The van der Waals surface area contributed by atoms with Crippen molar-refractivity contribution < 1.29 is 4.74 Å². The molecule has 0 saturated heterocycles. The summed E-state index contributed by atoms with van der Waals surface area (Å²) in [5.74, 6) is 0. The van der Waals surface area contributed by atoms with E-state index < -0.39 is 0 Å². The summed E-state index contributed by atoms with van der Waals surface area (Å²) in [7, 11) is 1.84. The Balaban J connectivity index is 1.84. The molecule has 1 heterocycles. The molecule has 104 valence electrons. The van der Waals surface area contributed by atoms with Crippen molar-refractivity contribution in [3.05, 3.63) is 23.8 Å². The first-order valence-corrected chi connectivity index (χ1v) is 7.46. The number of benzene rings is 1. The van der Waals surface area contributed by atoms with Crippen molar-refractivity contribution in [3.8, 4) is 0 Å². The lowest BCUT2D eigenvalue weighted by atomic mass is 9.89. The van der Waals surface area contributed by atoms with Crippen molar-refractivity contribution in [3.63, 3.8) is 0 Å². The molecule has 2 aliphatic rings. The normalized spacial score (nSPS) is 27.1. The van der Waals surface area contributed by atoms with Crippen LogP contribution in [0.5, 0.6) is 0 Å². The van der Waals surface area contributed by atoms with Gasteiger partial charge in [0, 0.05) is 31.1 Å². The van der Waals surface area contributed by atoms with E-state index in [1.54, 1.807) is 0 Å². The Morgan fingerprint density at radius 1 is 1.26 bits per heavy atom. The summed E-state index contributed by atoms with van der Waals surface area (Å²) < 4.78 is 5.57. The molecule has 1 aromatic rings. The molecule has 0 bridgehead atoms. The summed E-state index contributed by atoms with van der Waals surface area (Å²) in [6.07, 6.45) is 7.81. The third kappa shape index (κ3) is 2.57. The van der Waals surface area contributed by atoms with E-state index in [4.69, 9.17) is 10.5 Å². The zero-order chi connectivity index (χ0) is 13.2. The van der Waals surface area contributed by atoms with E-state index in [1.807, 2.05) is 13.2 Å². The zero-order valence-corrected chi connectivity index (χ0v) is 11.8. The third-order valence-corrected chi connectivity index (χ3v) is 4.64. The predicted octanol–water partition coefficient (Wildman–Crippen LogP) is 2.98. The third-order valence-electron chi connectivity index (χ3n) is 4.64. The quantitative estimate of drug-likeness (QED) is 0.831. The van der Waals surface area contributed by atoms with Gasteiger partial charge >= 0.3 is 0 Å². The summed E-state index contributed by atoms with van der Waals surface area (Å²) >= 11 is 0. The van der Waals surface area contributed by atoms with Crippen LogP contribution in [0.3, 0.4) is 0 Å². The Kier molecular flexibility index (Phi) is 3.65. The van der Waals surface area contributed by atoms with Gasteiger partial charge in [0.1, 0.15) is 0 Å². The highest BCUT2D eigenvalue weighted by atomic mass is 16.5. The molecule has 19 heavy (non-hydrogen) atoms. The number of anilines is 2. The standard InChI is InChI=1S/C16H24N2O/c1-19-15-6-2-5-14(11-15)18-9-3-4-12-7-8-13(17)10-16(12)18/h7-8,10,14-15H,2-6,9,11,17H2,1H3. The number of nitrogen functional groups attached to an aromatic ring is 1. The van der Waals surface area contributed by atoms with Crippen molar-refractivity contribution in [2.24, 2.45) is 0 Å². The number of nitrogens with zero attached hydrogens (tertiary/aromatic N) is 1. The van der Waals surface area contributed by atoms with Crippen molar-refractivity contribution in [2.75, 3.05) is 24.3 Å². The van der Waals surface area contributed by atoms with Gasteiger partial charge in [0.05, 0.1) is 6.10 Å². The molecule has 0 radical (unpaired) electrons. The molecule has 2 atom stereocenters. The van der Waals surface area contributed by atoms with Gasteiger partial charge < -0.3 is 15.4 Å². The number of methoxy groups -OCH3 is 1. The molecule has 0 amide bonds. The van der Waals surface area contributed by atoms with Crippen molar-refractivity contribution in [2.45, 2.75) is 50.7 Å². The summed E-state index contributed by atoms with van der Waals surface area (Å²) in [5.41, 5.74) is 9.68. The number of hydrogen-bond donors (Lipinski definition) is 1. The lowest BCUT2D eigenvalue weighted by molar-refractivity contribution is 0.0629. The van der Waals surface area contributed by atoms with Gasteiger partial charge in [-0.25, -0.2) is 0 Å². The maximum atomic E-state index is 5.98. The second-order valence-corrected chi connectivity index (χ2v) is 5.86. The molecule has 1 aromatic carbocycles. The number of fused-ring (bicyclic) bond motifs is 1. The van der Waals surface area contributed by atoms with Gasteiger partial charge in [0.25, 0.3) is 0 Å². The van der Waals surface area contributed by atoms with Gasteiger partial charge in [-0.1, -0.05) is 6.07 Å². The van der Waals surface area contributed by atoms with Gasteiger partial charge in [0.15, 0.2) is 0 Å². The van der Waals surface area contributed by atoms with Crippen LogP contribution in [0.25, 0.3) is 0 Å². The van der Waals surface area contributed by atoms with Crippen molar-refractivity contribution >= 4 is 11.4 Å². The van der Waals surface area contributed by atoms with Crippen LogP contribution in [0.1, 0.15) is 37.7 Å². The number of ether oxygens (including phenoxy) is 1. The van der Waals surface area contributed by atoms with Crippen LogP contribution in [0, 0.1) is 0 Å². The van der Waals surface area contributed by atoms with E-state index in [2.05, 4.69) is 17.0 Å². The highest BCUT2D eigenvalue weighted by Gasteiger charge is 2.29. The minimum absolute atomic E-state index is 0.435. The Morgan fingerprint density at radius 3 is 3.00 bits per heavy atom. The molecule has 3 nitrogen and oxygen atoms in total. The van der Waals surface area contributed by atoms with E-state index in [0.29, 0.717) is 12.1 Å². The van der Waals surface area contributed by atoms with E-state index in [0.717, 1.165) is 18.7 Å². The summed E-state index contributed by atoms with van der Waals surface area (Å²) in [5, 5.41) is 0. The molecule has 2 N–H and O–H groups in total. The largest absolute Gasteiger partial charge is 0.399 e. The van der Waals surface area contributed by atoms with Crippen LogP contribution >= 0.6 is 0 Å². The fourth-order valence-electron chi connectivity index (χ4n) is 3.62. The average Bonchev–Trinajstić information content (AvgIpc) is 2.46. The van der Waals surface area contributed by atoms with Gasteiger partial charge in [-0.05, 0) is 56.2 Å². The molecule has 2 unspecified atom stereocenters. The summed E-state index contributed by atoms with van der Waals surface area (Å²) in [6, 6.07) is 7.01. The second-order valence-electron chi connectivity index (χ2n) is 5.86. The SMILES string of the molecule is COC1CCCC(N2CCCc3ccc(N)cc32)C1. The maximum Gasteiger partial charge on any atom is 0.0591 e. The molecular formula is C16H24N2O. The van der Waals surface area contributed by atoms with E-state index in [-0.39, 0.29) is 0 Å². The van der Waals surface area contributed by atoms with Crippen LogP contribution in [0.2, 0.25) is 0 Å². The number of hydrogen-bond acceptors (Lipinski definition) is 3. The number of nitrogens with two attached hydrogens (primary N) is 1. The Labute approximate surface area is 115 Å². The van der Waals surface area contributed by atoms with Crippen LogP contribution < -0.4 is 10.6 Å². The van der Waals surface area contributed by atoms with Crippen LogP contribution in [-0.4, -0.2) is 25.8 Å². The van der Waals surface area contributed by atoms with Crippen molar-refractivity contribution in [1.29, 1.82) is 0 Å². The van der Waals surface area contributed by atoms with Crippen LogP contribution in [0.4, 0.5) is 11.4 Å². The van der Waals surface area contributed by atoms with E-state index in [1.165, 1.54) is 43.4 Å². The van der Waals surface area contributed by atoms with Crippen molar-refractivity contribution in [1.82, 2.24) is 0 Å². The summed E-state index contributed by atoms with van der Waals surface area (Å²) in [6.45, 7) is 1.16. The lowest BCUT2D eigenvalue weighted by Gasteiger charge is -2.41. The first kappa shape index (κ1) is 12.8. The van der Waals surface area contributed by atoms with Gasteiger partial charge in [-0.15, -0.1) is 0 Å². The van der Waals surface area contributed by atoms with Gasteiger partial charge in [-0.2, -0.15) is 0 Å². The fourth-order valence-corrected chi connectivity index (χ4v) is 3.62. The average molecular weight is 260 g/mol. The monoisotopic (exact) mass is 260 g/mol. The Hall–Kier alpha value is -1.22. The minimum Gasteiger partial charge on any atom is -0.399 e. The van der Waals surface area contributed by atoms with Gasteiger partial charge in [-0.3, -0.25) is 0 Å².